The van der Waals surface area contributed by atoms with E-state index in [1.807, 2.05) is 53.6 Å². The molecule has 63 heavy (non-hydrogen) atoms. The van der Waals surface area contributed by atoms with Crippen LogP contribution in [0, 0.1) is 23.7 Å². The predicted octanol–water partition coefficient (Wildman–Crippen LogP) is 1.91. The van der Waals surface area contributed by atoms with Crippen molar-refractivity contribution in [1.82, 2.24) is 15.1 Å². The van der Waals surface area contributed by atoms with Crippen LogP contribution in [0.1, 0.15) is 94.9 Å². The van der Waals surface area contributed by atoms with Crippen molar-refractivity contribution in [2.24, 2.45) is 23.7 Å². The highest BCUT2D eigenvalue weighted by Gasteiger charge is 2.55. The van der Waals surface area contributed by atoms with Crippen molar-refractivity contribution >= 4 is 12.4 Å². The fraction of sp³-hybridized carbons (Fsp3) is 0.956. The number of esters is 1. The van der Waals surface area contributed by atoms with Gasteiger partial charge in [-0.15, -0.1) is 0 Å². The number of rotatable bonds is 13. The molecule has 370 valence electrons. The maximum absolute atomic E-state index is 14.5. The summed E-state index contributed by atoms with van der Waals surface area (Å²) in [6.07, 6.45) is -7.54. The zero-order valence-electron chi connectivity index (χ0n) is 41.0. The van der Waals surface area contributed by atoms with E-state index in [9.17, 15) is 30.0 Å². The molecule has 0 aromatic carbocycles. The smallest absolute Gasteiger partial charge is 0.311 e. The number of likely N-dealkylation sites (N-methyl/N-ethyl adjacent to an activating group) is 1. The van der Waals surface area contributed by atoms with E-state index >= 15 is 0 Å². The normalized spacial score (nSPS) is 45.3. The summed E-state index contributed by atoms with van der Waals surface area (Å²) in [5.74, 6) is -2.95. The summed E-state index contributed by atoms with van der Waals surface area (Å²) >= 11 is 0. The van der Waals surface area contributed by atoms with E-state index in [0.29, 0.717) is 19.6 Å². The summed E-state index contributed by atoms with van der Waals surface area (Å²) < 4.78 is 55.7. The van der Waals surface area contributed by atoms with Crippen molar-refractivity contribution in [1.29, 1.82) is 0 Å². The first-order valence-corrected chi connectivity index (χ1v) is 22.7. The van der Waals surface area contributed by atoms with E-state index in [4.69, 9.17) is 42.6 Å². The minimum Gasteiger partial charge on any atom is -0.459 e. The van der Waals surface area contributed by atoms with Gasteiger partial charge in [-0.1, -0.05) is 27.7 Å². The standard InChI is InChI=1S/C42H78N2O14.C3H7NO/c1-15-29-42(10,49)37-24(4)32(43-30(56-37)21-52-17-16-50-13)22(2)19-40(8,48)36(58-39-33(45)28(44(11)12)18-23(3)53-39)25(5)34(26(6)38(47)55-29)57-31-20-41(9,51-14)35(46)27(7)54-31;1-4(2)3-5/h22-37,39,43,45-46,48-49H,15-21H2,1-14H3;3H,1-2H3/t22-,23-,24+,25+,26-,27+,28+,29-,30-,31+,32+,33-,34+,35+,36-,37-,39+,40-,41-,42-;/m1./s1. The van der Waals surface area contributed by atoms with E-state index in [2.05, 4.69) is 5.32 Å². The van der Waals surface area contributed by atoms with Crippen molar-refractivity contribution < 1.29 is 72.6 Å². The minimum absolute atomic E-state index is 0.137. The Hall–Kier alpha value is -1.62. The Morgan fingerprint density at radius 3 is 2.10 bits per heavy atom. The topological polar surface area (TPSA) is 217 Å². The molecule has 4 aliphatic heterocycles. The number of cyclic esters (lactones) is 1. The van der Waals surface area contributed by atoms with Gasteiger partial charge in [0.25, 0.3) is 0 Å². The molecule has 0 aromatic heterocycles. The number of amides is 1. The summed E-state index contributed by atoms with van der Waals surface area (Å²) in [5, 5.41) is 51.5. The highest BCUT2D eigenvalue weighted by atomic mass is 16.7. The van der Waals surface area contributed by atoms with Crippen molar-refractivity contribution in [3.05, 3.63) is 0 Å². The van der Waals surface area contributed by atoms with Crippen molar-refractivity contribution in [3.63, 3.8) is 0 Å². The van der Waals surface area contributed by atoms with Gasteiger partial charge in [-0.05, 0) is 80.8 Å². The molecule has 5 N–H and O–H groups in total. The Kier molecular flexibility index (Phi) is 21.1. The molecule has 4 aliphatic rings. The predicted molar refractivity (Wildman–Crippen MR) is 233 cm³/mol. The molecule has 1 amide bonds. The lowest BCUT2D eigenvalue weighted by Crippen LogP contribution is -2.67. The summed E-state index contributed by atoms with van der Waals surface area (Å²) in [5.41, 5.74) is -4.27. The quantitative estimate of drug-likeness (QED) is 0.101. The molecule has 0 aromatic rings. The Labute approximate surface area is 376 Å². The fourth-order valence-corrected chi connectivity index (χ4v) is 10.0. The Bertz CT molecular complexity index is 1390. The van der Waals surface area contributed by atoms with Crippen LogP contribution in [0.2, 0.25) is 0 Å². The highest BCUT2D eigenvalue weighted by molar-refractivity contribution is 5.73. The van der Waals surface area contributed by atoms with Gasteiger partial charge in [-0.25, -0.2) is 0 Å². The van der Waals surface area contributed by atoms with Crippen LogP contribution in [0.25, 0.3) is 0 Å². The van der Waals surface area contributed by atoms with Crippen LogP contribution in [0.15, 0.2) is 0 Å². The van der Waals surface area contributed by atoms with Gasteiger partial charge in [-0.2, -0.15) is 0 Å². The molecule has 2 bridgehead atoms. The first kappa shape index (κ1) is 55.7. The summed E-state index contributed by atoms with van der Waals surface area (Å²) in [6, 6.07) is -0.593. The summed E-state index contributed by atoms with van der Waals surface area (Å²) in [7, 11) is 10.3. The van der Waals surface area contributed by atoms with Crippen LogP contribution in [-0.2, 0) is 52.2 Å². The average molecular weight is 908 g/mol. The molecule has 0 unspecified atom stereocenters. The molecule has 4 rings (SSSR count). The zero-order valence-corrected chi connectivity index (χ0v) is 41.0. The van der Waals surface area contributed by atoms with Gasteiger partial charge in [0, 0.05) is 58.7 Å². The van der Waals surface area contributed by atoms with Crippen LogP contribution in [-0.4, -0.2) is 201 Å². The van der Waals surface area contributed by atoms with Crippen LogP contribution in [0.5, 0.6) is 0 Å². The average Bonchev–Trinajstić information content (AvgIpc) is 3.21. The van der Waals surface area contributed by atoms with Crippen molar-refractivity contribution in [3.8, 4) is 0 Å². The molecule has 0 spiro atoms. The van der Waals surface area contributed by atoms with Gasteiger partial charge >= 0.3 is 5.97 Å². The lowest BCUT2D eigenvalue weighted by molar-refractivity contribution is -0.318. The van der Waals surface area contributed by atoms with Gasteiger partial charge in [0.15, 0.2) is 12.6 Å². The second-order valence-electron chi connectivity index (χ2n) is 19.6. The zero-order chi connectivity index (χ0) is 47.8. The number of aliphatic hydroxyl groups is 4. The molecule has 18 heteroatoms. The van der Waals surface area contributed by atoms with Gasteiger partial charge in [-0.3, -0.25) is 14.9 Å². The van der Waals surface area contributed by atoms with Gasteiger partial charge < -0.3 is 72.9 Å². The summed E-state index contributed by atoms with van der Waals surface area (Å²) in [6.45, 7) is 19.1. The molecule has 4 fully saturated rings. The lowest BCUT2D eigenvalue weighted by atomic mass is 9.71. The molecule has 0 aliphatic carbocycles. The third kappa shape index (κ3) is 14.0. The van der Waals surface area contributed by atoms with E-state index < -0.39 is 96.1 Å². The van der Waals surface area contributed by atoms with Gasteiger partial charge in [0.05, 0.1) is 67.5 Å². The number of carbonyl (C=O) groups excluding carboxylic acids is 2. The first-order valence-electron chi connectivity index (χ1n) is 22.7. The maximum atomic E-state index is 14.5. The molecule has 20 atom stereocenters. The van der Waals surface area contributed by atoms with Crippen molar-refractivity contribution in [2.45, 2.75) is 191 Å². The molecule has 4 saturated heterocycles. The van der Waals surface area contributed by atoms with E-state index in [1.165, 1.54) is 12.0 Å². The maximum Gasteiger partial charge on any atom is 0.311 e. The number of nitrogens with one attached hydrogen (secondary N) is 1. The van der Waals surface area contributed by atoms with E-state index in [0.717, 1.165) is 6.41 Å². The number of hydrogen-bond donors (Lipinski definition) is 5. The van der Waals surface area contributed by atoms with E-state index in [-0.39, 0.29) is 55.9 Å². The molecular formula is C45H85N3O15. The number of nitrogens with zero attached hydrogens (tertiary/aromatic N) is 2. The summed E-state index contributed by atoms with van der Waals surface area (Å²) in [4.78, 5) is 27.3. The SMILES string of the molecule is CC[C@H]1OC(=O)[C@H](C)[C@@H](O[C@H]2C[C@@](C)(OC)[C@@H](O)[C@H](C)O2)[C@H](C)[C@@H](O[C@@H]2O[C@H](C)C[C@H](N(C)C)[C@H]2O)[C@](C)(O)C[C@@H](C)[C@@H]2N[C@@H](COCCOC)O[C@H]([C@H]2C)[C@]1(C)O.CN(C)C=O. The van der Waals surface area contributed by atoms with Gasteiger partial charge in [0.1, 0.15) is 30.1 Å². The molecule has 0 saturated carbocycles. The Morgan fingerprint density at radius 1 is 0.905 bits per heavy atom. The fourth-order valence-electron chi connectivity index (χ4n) is 10.0. The number of aliphatic hydroxyl groups excluding tert-OH is 2. The number of ether oxygens (including phenoxy) is 9. The van der Waals surface area contributed by atoms with Crippen LogP contribution in [0.3, 0.4) is 0 Å². The Balaban J connectivity index is 0.00000199. The molecule has 0 radical (unpaired) electrons. The van der Waals surface area contributed by atoms with Crippen LogP contribution < -0.4 is 5.32 Å². The number of carbonyl (C=O) groups is 2. The lowest BCUT2D eigenvalue weighted by Gasteiger charge is -2.52. The third-order valence-electron chi connectivity index (χ3n) is 13.7. The highest BCUT2D eigenvalue weighted by Crippen LogP contribution is 2.43. The number of methoxy groups -OCH3 is 2. The van der Waals surface area contributed by atoms with Crippen LogP contribution in [0.4, 0.5) is 0 Å². The first-order chi connectivity index (χ1) is 29.3. The molecule has 18 nitrogen and oxygen atoms in total. The second kappa shape index (κ2) is 23.9. The Morgan fingerprint density at radius 2 is 1.54 bits per heavy atom. The third-order valence-corrected chi connectivity index (χ3v) is 13.7. The number of hydrogen-bond acceptors (Lipinski definition) is 17. The van der Waals surface area contributed by atoms with Gasteiger partial charge in [0.2, 0.25) is 6.41 Å². The second-order valence-corrected chi connectivity index (χ2v) is 19.6. The number of fused-ring (bicyclic) bond motifs is 2. The van der Waals surface area contributed by atoms with Crippen molar-refractivity contribution in [2.75, 3.05) is 62.2 Å². The van der Waals surface area contributed by atoms with Crippen LogP contribution >= 0.6 is 0 Å². The monoisotopic (exact) mass is 908 g/mol. The minimum atomic E-state index is -1.64. The molecular weight excluding hydrogens is 823 g/mol. The molecule has 4 heterocycles. The van der Waals surface area contributed by atoms with E-state index in [1.54, 1.807) is 55.8 Å². The largest absolute Gasteiger partial charge is 0.459 e.